The van der Waals surface area contributed by atoms with Gasteiger partial charge in [-0.1, -0.05) is 13.8 Å². The summed E-state index contributed by atoms with van der Waals surface area (Å²) in [5.41, 5.74) is 4.09. The minimum absolute atomic E-state index is 0.715. The van der Waals surface area contributed by atoms with Gasteiger partial charge < -0.3 is 0 Å². The first-order valence-corrected chi connectivity index (χ1v) is 4.51. The van der Waals surface area contributed by atoms with Crippen LogP contribution in [-0.2, 0) is 6.42 Å². The van der Waals surface area contributed by atoms with Crippen molar-refractivity contribution in [2.75, 3.05) is 0 Å². The van der Waals surface area contributed by atoms with Crippen LogP contribution in [-0.4, -0.2) is 4.98 Å². The maximum Gasteiger partial charge on any atom is 0.0302 e. The summed E-state index contributed by atoms with van der Waals surface area (Å²) in [6.45, 7) is 8.77. The second kappa shape index (κ2) is 3.70. The highest BCUT2D eigenvalue weighted by atomic mass is 14.6. The highest BCUT2D eigenvalue weighted by Crippen LogP contribution is 2.14. The van der Waals surface area contributed by atoms with Gasteiger partial charge in [0.25, 0.3) is 0 Å². The third-order valence-corrected chi connectivity index (χ3v) is 2.20. The summed E-state index contributed by atoms with van der Waals surface area (Å²) in [6, 6.07) is 0. The minimum atomic E-state index is 0.715. The number of nitrogens with zero attached hydrogens (tertiary/aromatic N) is 1. The van der Waals surface area contributed by atoms with Crippen molar-refractivity contribution >= 4 is 0 Å². The van der Waals surface area contributed by atoms with Crippen LogP contribution < -0.4 is 0 Å². The summed E-state index contributed by atoms with van der Waals surface area (Å²) in [6.07, 6.45) is 5.06. The van der Waals surface area contributed by atoms with Gasteiger partial charge in [0.15, 0.2) is 0 Å². The highest BCUT2D eigenvalue weighted by molar-refractivity contribution is 5.29. The molecule has 1 nitrogen and oxygen atoms in total. The lowest BCUT2D eigenvalue weighted by molar-refractivity contribution is 0.642. The number of aromatic nitrogens is 1. The maximum absolute atomic E-state index is 4.20. The molecule has 66 valence electrons. The van der Waals surface area contributed by atoms with Crippen LogP contribution in [0.3, 0.4) is 0 Å². The Labute approximate surface area is 74.8 Å². The van der Waals surface area contributed by atoms with Crippen LogP contribution in [0.15, 0.2) is 12.4 Å². The van der Waals surface area contributed by atoms with Crippen molar-refractivity contribution in [1.82, 2.24) is 4.98 Å². The molecule has 0 aliphatic carbocycles. The van der Waals surface area contributed by atoms with Gasteiger partial charge in [-0.05, 0) is 42.9 Å². The second-order valence-electron chi connectivity index (χ2n) is 3.84. The Morgan fingerprint density at radius 2 is 1.92 bits per heavy atom. The summed E-state index contributed by atoms with van der Waals surface area (Å²) in [5.74, 6) is 0.715. The normalized spacial score (nSPS) is 10.8. The van der Waals surface area contributed by atoms with Crippen molar-refractivity contribution in [1.29, 1.82) is 0 Å². The molecule has 0 atom stereocenters. The van der Waals surface area contributed by atoms with E-state index in [4.69, 9.17) is 0 Å². The van der Waals surface area contributed by atoms with Crippen molar-refractivity contribution in [3.8, 4) is 0 Å². The molecule has 12 heavy (non-hydrogen) atoms. The SMILES string of the molecule is Cc1cncc(CC(C)C)c1C. The predicted molar refractivity (Wildman–Crippen MR) is 52.3 cm³/mol. The van der Waals surface area contributed by atoms with E-state index in [0.717, 1.165) is 6.42 Å². The fraction of sp³-hybridized carbons (Fsp3) is 0.545. The lowest BCUT2D eigenvalue weighted by Gasteiger charge is -2.09. The molecule has 0 aliphatic rings. The smallest absolute Gasteiger partial charge is 0.0302 e. The van der Waals surface area contributed by atoms with Gasteiger partial charge in [-0.15, -0.1) is 0 Å². The van der Waals surface area contributed by atoms with E-state index in [9.17, 15) is 0 Å². The molecule has 0 spiro atoms. The van der Waals surface area contributed by atoms with E-state index < -0.39 is 0 Å². The molecule has 0 saturated carbocycles. The van der Waals surface area contributed by atoms with E-state index in [-0.39, 0.29) is 0 Å². The molecule has 0 N–H and O–H groups in total. The van der Waals surface area contributed by atoms with Gasteiger partial charge in [-0.3, -0.25) is 4.98 Å². The molecule has 0 radical (unpaired) electrons. The molecule has 1 heterocycles. The number of rotatable bonds is 2. The molecule has 1 rings (SSSR count). The van der Waals surface area contributed by atoms with Crippen molar-refractivity contribution in [2.24, 2.45) is 5.92 Å². The Morgan fingerprint density at radius 3 is 2.50 bits per heavy atom. The van der Waals surface area contributed by atoms with Crippen LogP contribution in [0, 0.1) is 19.8 Å². The van der Waals surface area contributed by atoms with Gasteiger partial charge in [0, 0.05) is 12.4 Å². The van der Waals surface area contributed by atoms with Crippen LogP contribution in [0.5, 0.6) is 0 Å². The van der Waals surface area contributed by atoms with Gasteiger partial charge in [-0.25, -0.2) is 0 Å². The van der Waals surface area contributed by atoms with Crippen LogP contribution >= 0.6 is 0 Å². The Bertz CT molecular complexity index is 264. The fourth-order valence-corrected chi connectivity index (χ4v) is 1.33. The van der Waals surface area contributed by atoms with Crippen LogP contribution in [0.1, 0.15) is 30.5 Å². The van der Waals surface area contributed by atoms with Gasteiger partial charge in [0.1, 0.15) is 0 Å². The third kappa shape index (κ3) is 2.07. The second-order valence-corrected chi connectivity index (χ2v) is 3.84. The van der Waals surface area contributed by atoms with Gasteiger partial charge >= 0.3 is 0 Å². The van der Waals surface area contributed by atoms with Gasteiger partial charge in [0.2, 0.25) is 0 Å². The Kier molecular flexibility index (Phi) is 2.85. The zero-order valence-corrected chi connectivity index (χ0v) is 8.39. The number of hydrogen-bond donors (Lipinski definition) is 0. The first kappa shape index (κ1) is 9.24. The molecule has 1 aromatic heterocycles. The molecule has 0 bridgehead atoms. The molecule has 0 aliphatic heterocycles. The maximum atomic E-state index is 4.20. The Balaban J connectivity index is 2.92. The Morgan fingerprint density at radius 1 is 1.25 bits per heavy atom. The number of pyridine rings is 1. The average molecular weight is 163 g/mol. The minimum Gasteiger partial charge on any atom is -0.264 e. The van der Waals surface area contributed by atoms with Crippen LogP contribution in [0.2, 0.25) is 0 Å². The van der Waals surface area contributed by atoms with Gasteiger partial charge in [-0.2, -0.15) is 0 Å². The highest BCUT2D eigenvalue weighted by Gasteiger charge is 2.03. The van der Waals surface area contributed by atoms with Crippen molar-refractivity contribution in [3.05, 3.63) is 29.1 Å². The van der Waals surface area contributed by atoms with E-state index in [1.807, 2.05) is 12.4 Å². The molecule has 1 aromatic rings. The largest absolute Gasteiger partial charge is 0.264 e. The standard InChI is InChI=1S/C11H17N/c1-8(2)5-11-7-12-6-9(3)10(11)4/h6-8H,5H2,1-4H3. The molecule has 1 heteroatoms. The summed E-state index contributed by atoms with van der Waals surface area (Å²) >= 11 is 0. The number of aryl methyl sites for hydroxylation is 1. The first-order chi connectivity index (χ1) is 5.61. The van der Waals surface area contributed by atoms with E-state index in [1.54, 1.807) is 0 Å². The topological polar surface area (TPSA) is 12.9 Å². The zero-order chi connectivity index (χ0) is 9.14. The number of hydrogen-bond acceptors (Lipinski definition) is 1. The van der Waals surface area contributed by atoms with Crippen LogP contribution in [0.4, 0.5) is 0 Å². The lowest BCUT2D eigenvalue weighted by Crippen LogP contribution is -1.99. The summed E-state index contributed by atoms with van der Waals surface area (Å²) in [5, 5.41) is 0. The quantitative estimate of drug-likeness (QED) is 0.653. The first-order valence-electron chi connectivity index (χ1n) is 4.51. The fourth-order valence-electron chi connectivity index (χ4n) is 1.33. The summed E-state index contributed by atoms with van der Waals surface area (Å²) in [4.78, 5) is 4.20. The monoisotopic (exact) mass is 163 g/mol. The zero-order valence-electron chi connectivity index (χ0n) is 8.39. The molecular weight excluding hydrogens is 146 g/mol. The average Bonchev–Trinajstić information content (AvgIpc) is 1.98. The Hall–Kier alpha value is -0.850. The summed E-state index contributed by atoms with van der Waals surface area (Å²) < 4.78 is 0. The van der Waals surface area contributed by atoms with Crippen LogP contribution in [0.25, 0.3) is 0 Å². The summed E-state index contributed by atoms with van der Waals surface area (Å²) in [7, 11) is 0. The molecular formula is C11H17N. The molecule has 0 unspecified atom stereocenters. The molecule has 0 fully saturated rings. The van der Waals surface area contributed by atoms with Crippen molar-refractivity contribution in [3.63, 3.8) is 0 Å². The third-order valence-electron chi connectivity index (χ3n) is 2.20. The van der Waals surface area contributed by atoms with E-state index in [2.05, 4.69) is 32.7 Å². The van der Waals surface area contributed by atoms with Crippen molar-refractivity contribution in [2.45, 2.75) is 34.1 Å². The lowest BCUT2D eigenvalue weighted by atomic mass is 9.98. The van der Waals surface area contributed by atoms with Crippen molar-refractivity contribution < 1.29 is 0 Å². The van der Waals surface area contributed by atoms with E-state index >= 15 is 0 Å². The van der Waals surface area contributed by atoms with E-state index in [1.165, 1.54) is 16.7 Å². The van der Waals surface area contributed by atoms with Gasteiger partial charge in [0.05, 0.1) is 0 Å². The molecule has 0 amide bonds. The molecule has 0 aromatic carbocycles. The molecule has 0 saturated heterocycles. The predicted octanol–water partition coefficient (Wildman–Crippen LogP) is 2.90. The van der Waals surface area contributed by atoms with E-state index in [0.29, 0.717) is 5.92 Å².